The van der Waals surface area contributed by atoms with Crippen LogP contribution in [0, 0.1) is 0 Å². The van der Waals surface area contributed by atoms with Crippen LogP contribution in [0.15, 0.2) is 180 Å². The van der Waals surface area contributed by atoms with Gasteiger partial charge in [0, 0.05) is 11.1 Å². The SMILES string of the molecule is c1ccc(-c2cc(-c3ccccc3)c3nc(-c4cc(-c5ccccc5)c(-c5ccccc5)c(-c5ccccc5)c4)oc3c2)cc1. The van der Waals surface area contributed by atoms with Gasteiger partial charge >= 0.3 is 0 Å². The van der Waals surface area contributed by atoms with Crippen molar-refractivity contribution in [3.05, 3.63) is 176 Å². The maximum absolute atomic E-state index is 6.69. The number of rotatable bonds is 6. The zero-order chi connectivity index (χ0) is 30.0. The third kappa shape index (κ3) is 5.13. The maximum atomic E-state index is 6.69. The van der Waals surface area contributed by atoms with Gasteiger partial charge in [-0.1, -0.05) is 152 Å². The first-order chi connectivity index (χ1) is 22.3. The highest BCUT2D eigenvalue weighted by molar-refractivity contribution is 5.99. The van der Waals surface area contributed by atoms with Crippen molar-refractivity contribution in [1.82, 2.24) is 4.98 Å². The summed E-state index contributed by atoms with van der Waals surface area (Å²) in [5, 5.41) is 0. The lowest BCUT2D eigenvalue weighted by molar-refractivity contribution is 0.620. The molecule has 0 unspecified atom stereocenters. The first-order valence-electron chi connectivity index (χ1n) is 15.2. The van der Waals surface area contributed by atoms with Crippen LogP contribution in [0.2, 0.25) is 0 Å². The lowest BCUT2D eigenvalue weighted by Crippen LogP contribution is -1.93. The lowest BCUT2D eigenvalue weighted by Gasteiger charge is -2.18. The second kappa shape index (κ2) is 11.6. The molecule has 0 spiro atoms. The number of oxazole rings is 1. The largest absolute Gasteiger partial charge is 0.436 e. The third-order valence-electron chi connectivity index (χ3n) is 8.30. The van der Waals surface area contributed by atoms with Gasteiger partial charge < -0.3 is 4.42 Å². The topological polar surface area (TPSA) is 26.0 Å². The molecule has 2 heteroatoms. The number of hydrogen-bond donors (Lipinski definition) is 0. The standard InChI is InChI=1S/C43H29NO/c1-6-16-30(17-7-1)35-26-39(33-22-12-4-13-23-33)42-40(29-35)45-43(44-42)36-27-37(31-18-8-2-9-19-31)41(34-24-14-5-15-25-34)38(28-36)32-20-10-3-11-21-32/h1-29H. The molecule has 0 amide bonds. The fraction of sp³-hybridized carbons (Fsp3) is 0. The first kappa shape index (κ1) is 26.6. The zero-order valence-corrected chi connectivity index (χ0v) is 24.6. The Morgan fingerprint density at radius 1 is 0.333 bits per heavy atom. The summed E-state index contributed by atoms with van der Waals surface area (Å²) >= 11 is 0. The Morgan fingerprint density at radius 3 is 1.22 bits per heavy atom. The number of hydrogen-bond acceptors (Lipinski definition) is 2. The minimum Gasteiger partial charge on any atom is -0.436 e. The van der Waals surface area contributed by atoms with Gasteiger partial charge in [-0.05, 0) is 74.3 Å². The molecular weight excluding hydrogens is 546 g/mol. The molecule has 8 aromatic rings. The normalized spacial score (nSPS) is 11.1. The van der Waals surface area contributed by atoms with Crippen LogP contribution in [0.5, 0.6) is 0 Å². The van der Waals surface area contributed by atoms with E-state index >= 15 is 0 Å². The molecule has 0 N–H and O–H groups in total. The summed E-state index contributed by atoms with van der Waals surface area (Å²) < 4.78 is 6.69. The Kier molecular flexibility index (Phi) is 6.86. The molecule has 0 fully saturated rings. The Bertz CT molecular complexity index is 2160. The van der Waals surface area contributed by atoms with E-state index < -0.39 is 0 Å². The fourth-order valence-electron chi connectivity index (χ4n) is 6.16. The minimum absolute atomic E-state index is 0.598. The number of aromatic nitrogens is 1. The van der Waals surface area contributed by atoms with Gasteiger partial charge in [0.1, 0.15) is 5.52 Å². The highest BCUT2D eigenvalue weighted by atomic mass is 16.3. The van der Waals surface area contributed by atoms with Gasteiger partial charge in [0.25, 0.3) is 0 Å². The average Bonchev–Trinajstić information content (AvgIpc) is 3.57. The predicted octanol–water partition coefficient (Wildman–Crippen LogP) is 11.8. The molecule has 0 saturated heterocycles. The molecule has 0 saturated carbocycles. The van der Waals surface area contributed by atoms with Crippen LogP contribution in [0.4, 0.5) is 0 Å². The molecule has 2 nitrogen and oxygen atoms in total. The van der Waals surface area contributed by atoms with Gasteiger partial charge in [0.05, 0.1) is 0 Å². The molecule has 45 heavy (non-hydrogen) atoms. The summed E-state index contributed by atoms with van der Waals surface area (Å²) in [6, 6.07) is 61.5. The van der Waals surface area contributed by atoms with Crippen LogP contribution in [-0.4, -0.2) is 4.98 Å². The molecule has 0 bridgehead atoms. The summed E-state index contributed by atoms with van der Waals surface area (Å²) in [5.74, 6) is 0.598. The molecule has 1 aromatic heterocycles. The van der Waals surface area contributed by atoms with Gasteiger partial charge in [0.2, 0.25) is 5.89 Å². The van der Waals surface area contributed by atoms with E-state index in [1.54, 1.807) is 0 Å². The Labute approximate surface area is 262 Å². The molecule has 7 aromatic carbocycles. The molecule has 0 aliphatic heterocycles. The molecule has 0 radical (unpaired) electrons. The van der Waals surface area contributed by atoms with Crippen molar-refractivity contribution in [1.29, 1.82) is 0 Å². The molecule has 0 aliphatic rings. The third-order valence-corrected chi connectivity index (χ3v) is 8.30. The summed E-state index contributed by atoms with van der Waals surface area (Å²) in [5.41, 5.74) is 13.8. The first-order valence-corrected chi connectivity index (χ1v) is 15.2. The highest BCUT2D eigenvalue weighted by Gasteiger charge is 2.21. The van der Waals surface area contributed by atoms with E-state index in [0.29, 0.717) is 5.89 Å². The van der Waals surface area contributed by atoms with E-state index in [1.807, 2.05) is 12.1 Å². The molecule has 8 rings (SSSR count). The number of nitrogens with zero attached hydrogens (tertiary/aromatic N) is 1. The van der Waals surface area contributed by atoms with Gasteiger partial charge in [-0.3, -0.25) is 0 Å². The Morgan fingerprint density at radius 2 is 0.733 bits per heavy atom. The van der Waals surface area contributed by atoms with E-state index in [1.165, 1.54) is 5.56 Å². The highest BCUT2D eigenvalue weighted by Crippen LogP contribution is 2.44. The van der Waals surface area contributed by atoms with Crippen LogP contribution in [0.25, 0.3) is 78.2 Å². The van der Waals surface area contributed by atoms with Crippen LogP contribution in [-0.2, 0) is 0 Å². The van der Waals surface area contributed by atoms with Crippen LogP contribution >= 0.6 is 0 Å². The quantitative estimate of drug-likeness (QED) is 0.197. The van der Waals surface area contributed by atoms with E-state index in [2.05, 4.69) is 164 Å². The smallest absolute Gasteiger partial charge is 0.227 e. The minimum atomic E-state index is 0.598. The molecule has 212 valence electrons. The average molecular weight is 576 g/mol. The Balaban J connectivity index is 1.41. The molecule has 0 atom stereocenters. The van der Waals surface area contributed by atoms with Crippen molar-refractivity contribution in [2.24, 2.45) is 0 Å². The maximum Gasteiger partial charge on any atom is 0.227 e. The summed E-state index contributed by atoms with van der Waals surface area (Å²) in [4.78, 5) is 5.20. The van der Waals surface area contributed by atoms with Crippen molar-refractivity contribution in [3.8, 4) is 67.1 Å². The molecule has 1 heterocycles. The second-order valence-corrected chi connectivity index (χ2v) is 11.2. The van der Waals surface area contributed by atoms with Crippen LogP contribution < -0.4 is 0 Å². The van der Waals surface area contributed by atoms with Gasteiger partial charge in [-0.15, -0.1) is 0 Å². The number of benzene rings is 7. The fourth-order valence-corrected chi connectivity index (χ4v) is 6.16. The van der Waals surface area contributed by atoms with E-state index in [-0.39, 0.29) is 0 Å². The van der Waals surface area contributed by atoms with E-state index in [0.717, 1.165) is 66.7 Å². The van der Waals surface area contributed by atoms with Crippen molar-refractivity contribution in [3.63, 3.8) is 0 Å². The van der Waals surface area contributed by atoms with Crippen LogP contribution in [0.1, 0.15) is 0 Å². The summed E-state index contributed by atoms with van der Waals surface area (Å²) in [6.45, 7) is 0. The zero-order valence-electron chi connectivity index (χ0n) is 24.6. The van der Waals surface area contributed by atoms with Crippen molar-refractivity contribution < 1.29 is 4.42 Å². The number of fused-ring (bicyclic) bond motifs is 1. The summed E-state index contributed by atoms with van der Waals surface area (Å²) in [6.07, 6.45) is 0. The monoisotopic (exact) mass is 575 g/mol. The van der Waals surface area contributed by atoms with Crippen molar-refractivity contribution in [2.75, 3.05) is 0 Å². The second-order valence-electron chi connectivity index (χ2n) is 11.2. The van der Waals surface area contributed by atoms with E-state index in [4.69, 9.17) is 9.40 Å². The van der Waals surface area contributed by atoms with Gasteiger partial charge in [0.15, 0.2) is 5.58 Å². The predicted molar refractivity (Wildman–Crippen MR) is 187 cm³/mol. The van der Waals surface area contributed by atoms with Crippen LogP contribution in [0.3, 0.4) is 0 Å². The lowest BCUT2D eigenvalue weighted by atomic mass is 9.86. The molecule has 0 aliphatic carbocycles. The van der Waals surface area contributed by atoms with Crippen molar-refractivity contribution in [2.45, 2.75) is 0 Å². The van der Waals surface area contributed by atoms with Gasteiger partial charge in [-0.25, -0.2) is 4.98 Å². The van der Waals surface area contributed by atoms with Crippen molar-refractivity contribution >= 4 is 11.1 Å². The van der Waals surface area contributed by atoms with Gasteiger partial charge in [-0.2, -0.15) is 0 Å². The van der Waals surface area contributed by atoms with E-state index in [9.17, 15) is 0 Å². The Hall–Kier alpha value is -5.99. The summed E-state index contributed by atoms with van der Waals surface area (Å²) in [7, 11) is 0. The molecular formula is C43H29NO.